The minimum Gasteiger partial charge on any atom is -0.393 e. The molecular weight excluding hydrogens is 275 g/mol. The van der Waals surface area contributed by atoms with Gasteiger partial charge in [-0.15, -0.1) is 0 Å². The van der Waals surface area contributed by atoms with Crippen molar-refractivity contribution in [2.24, 2.45) is 0 Å². The molecule has 2 heteroatoms. The molecule has 2 aromatic carbocycles. The number of rotatable bonds is 4. The number of hydrogen-bond donors (Lipinski definition) is 1. The van der Waals surface area contributed by atoms with E-state index >= 15 is 0 Å². The van der Waals surface area contributed by atoms with E-state index in [0.29, 0.717) is 11.3 Å². The Morgan fingerprint density at radius 1 is 0.905 bits per heavy atom. The summed E-state index contributed by atoms with van der Waals surface area (Å²) < 4.78 is 0. The van der Waals surface area contributed by atoms with Gasteiger partial charge >= 0.3 is 0 Å². The quantitative estimate of drug-likeness (QED) is 0.776. The van der Waals surface area contributed by atoms with E-state index in [1.165, 1.54) is 24.0 Å². The minimum atomic E-state index is -0.214. The number of benzene rings is 2. The maximum atomic E-state index is 9.96. The third-order valence-corrected chi connectivity index (χ3v) is 8.02. The predicted octanol–water partition coefficient (Wildman–Crippen LogP) is 5.13. The van der Waals surface area contributed by atoms with Gasteiger partial charge in [-0.2, -0.15) is 0 Å². The van der Waals surface area contributed by atoms with Gasteiger partial charge in [0.2, 0.25) is 0 Å². The lowest BCUT2D eigenvalue weighted by Crippen LogP contribution is -2.09. The van der Waals surface area contributed by atoms with Crippen LogP contribution in [0.2, 0.25) is 0 Å². The topological polar surface area (TPSA) is 20.2 Å². The van der Waals surface area contributed by atoms with E-state index in [1.54, 1.807) is 0 Å². The molecule has 2 aromatic rings. The van der Waals surface area contributed by atoms with Gasteiger partial charge in [-0.25, -0.2) is 0 Å². The van der Waals surface area contributed by atoms with Gasteiger partial charge in [0.05, 0.1) is 6.10 Å². The standard InChI is InChI=1S/C19H23OP/c1-15(20)14-21-18(16-8-4-2-5-9-16)12-13-19(21)17-10-6-3-7-11-17/h2-11,15,18-20H,12-14H2,1H3/t15-,18-,19-/m1/s1. The Balaban J connectivity index is 1.89. The lowest BCUT2D eigenvalue weighted by Gasteiger charge is -2.27. The van der Waals surface area contributed by atoms with Gasteiger partial charge in [0.15, 0.2) is 0 Å². The molecule has 0 radical (unpaired) electrons. The van der Waals surface area contributed by atoms with Gasteiger partial charge in [0.25, 0.3) is 0 Å². The maximum absolute atomic E-state index is 9.96. The molecular formula is C19H23OP. The summed E-state index contributed by atoms with van der Waals surface area (Å²) in [6.45, 7) is 1.94. The van der Waals surface area contributed by atoms with Crippen molar-refractivity contribution in [3.05, 3.63) is 71.8 Å². The molecule has 0 aliphatic carbocycles. The van der Waals surface area contributed by atoms with Crippen LogP contribution in [0.3, 0.4) is 0 Å². The first-order chi connectivity index (χ1) is 10.3. The highest BCUT2D eigenvalue weighted by Crippen LogP contribution is 2.70. The summed E-state index contributed by atoms with van der Waals surface area (Å²) in [5, 5.41) is 9.96. The van der Waals surface area contributed by atoms with Gasteiger partial charge in [-0.05, 0) is 37.1 Å². The first kappa shape index (κ1) is 14.8. The summed E-state index contributed by atoms with van der Waals surface area (Å²) >= 11 is 0. The van der Waals surface area contributed by atoms with Crippen LogP contribution in [-0.2, 0) is 0 Å². The van der Waals surface area contributed by atoms with E-state index in [9.17, 15) is 5.11 Å². The van der Waals surface area contributed by atoms with Crippen LogP contribution in [0, 0.1) is 0 Å². The molecule has 0 bridgehead atoms. The van der Waals surface area contributed by atoms with Crippen molar-refractivity contribution in [2.75, 3.05) is 6.16 Å². The molecule has 1 fully saturated rings. The summed E-state index contributed by atoms with van der Waals surface area (Å²) in [4.78, 5) is 0. The molecule has 1 aliphatic rings. The van der Waals surface area contributed by atoms with Crippen LogP contribution in [0.4, 0.5) is 0 Å². The molecule has 1 nitrogen and oxygen atoms in total. The second-order valence-corrected chi connectivity index (χ2v) is 8.62. The Labute approximate surface area is 128 Å². The summed E-state index contributed by atoms with van der Waals surface area (Å²) in [7, 11) is -0.214. The SMILES string of the molecule is C[C@@H](O)CP1[C@@H](c2ccccc2)CC[C@@H]1c1ccccc1. The monoisotopic (exact) mass is 298 g/mol. The molecule has 1 aliphatic heterocycles. The van der Waals surface area contributed by atoms with E-state index in [4.69, 9.17) is 0 Å². The second-order valence-electron chi connectivity index (χ2n) is 5.98. The molecule has 0 amide bonds. The Morgan fingerprint density at radius 2 is 1.33 bits per heavy atom. The molecule has 0 spiro atoms. The van der Waals surface area contributed by atoms with Crippen molar-refractivity contribution in [3.63, 3.8) is 0 Å². The molecule has 0 saturated carbocycles. The van der Waals surface area contributed by atoms with Crippen molar-refractivity contribution < 1.29 is 5.11 Å². The Kier molecular flexibility index (Phi) is 4.73. The van der Waals surface area contributed by atoms with Crippen LogP contribution >= 0.6 is 7.92 Å². The predicted molar refractivity (Wildman–Crippen MR) is 91.1 cm³/mol. The smallest absolute Gasteiger partial charge is 0.0551 e. The van der Waals surface area contributed by atoms with Crippen molar-refractivity contribution in [3.8, 4) is 0 Å². The molecule has 0 unspecified atom stereocenters. The van der Waals surface area contributed by atoms with Crippen LogP contribution < -0.4 is 0 Å². The third kappa shape index (κ3) is 3.36. The maximum Gasteiger partial charge on any atom is 0.0551 e. The van der Waals surface area contributed by atoms with Crippen molar-refractivity contribution >= 4 is 7.92 Å². The Hall–Kier alpha value is -1.17. The number of aliphatic hydroxyl groups excluding tert-OH is 1. The highest BCUT2D eigenvalue weighted by molar-refractivity contribution is 7.58. The molecule has 1 saturated heterocycles. The Morgan fingerprint density at radius 3 is 1.71 bits per heavy atom. The highest BCUT2D eigenvalue weighted by Gasteiger charge is 2.37. The van der Waals surface area contributed by atoms with E-state index < -0.39 is 0 Å². The number of hydrogen-bond acceptors (Lipinski definition) is 1. The summed E-state index contributed by atoms with van der Waals surface area (Å²) in [6, 6.07) is 21.8. The normalized spacial score (nSPS) is 24.1. The fourth-order valence-corrected chi connectivity index (χ4v) is 7.12. The first-order valence-electron chi connectivity index (χ1n) is 7.79. The highest BCUT2D eigenvalue weighted by atomic mass is 31.1. The van der Waals surface area contributed by atoms with E-state index in [-0.39, 0.29) is 14.0 Å². The molecule has 110 valence electrons. The van der Waals surface area contributed by atoms with Crippen LogP contribution in [0.15, 0.2) is 60.7 Å². The third-order valence-electron chi connectivity index (χ3n) is 4.36. The van der Waals surface area contributed by atoms with Gasteiger partial charge in [0, 0.05) is 11.3 Å². The molecule has 3 rings (SSSR count). The minimum absolute atomic E-state index is 0.202. The Bertz CT molecular complexity index is 505. The van der Waals surface area contributed by atoms with Crippen LogP contribution in [0.5, 0.6) is 0 Å². The molecule has 21 heavy (non-hydrogen) atoms. The van der Waals surface area contributed by atoms with Crippen molar-refractivity contribution in [1.29, 1.82) is 0 Å². The lowest BCUT2D eigenvalue weighted by atomic mass is 10.0. The largest absolute Gasteiger partial charge is 0.393 e. The van der Waals surface area contributed by atoms with E-state index in [1.807, 2.05) is 6.92 Å². The van der Waals surface area contributed by atoms with Gasteiger partial charge in [0.1, 0.15) is 0 Å². The summed E-state index contributed by atoms with van der Waals surface area (Å²) in [5.41, 5.74) is 4.20. The molecule has 1 heterocycles. The fourth-order valence-electron chi connectivity index (χ4n) is 3.49. The van der Waals surface area contributed by atoms with Gasteiger partial charge in [-0.1, -0.05) is 68.6 Å². The van der Waals surface area contributed by atoms with E-state index in [2.05, 4.69) is 60.7 Å². The van der Waals surface area contributed by atoms with E-state index in [0.717, 1.165) is 6.16 Å². The summed E-state index contributed by atoms with van der Waals surface area (Å²) in [5.74, 6) is 0. The zero-order valence-corrected chi connectivity index (χ0v) is 13.4. The zero-order valence-electron chi connectivity index (χ0n) is 12.5. The fraction of sp³-hybridized carbons (Fsp3) is 0.368. The van der Waals surface area contributed by atoms with Crippen LogP contribution in [0.1, 0.15) is 42.2 Å². The van der Waals surface area contributed by atoms with Crippen LogP contribution in [-0.4, -0.2) is 17.4 Å². The lowest BCUT2D eigenvalue weighted by molar-refractivity contribution is 0.219. The van der Waals surface area contributed by atoms with Crippen LogP contribution in [0.25, 0.3) is 0 Å². The summed E-state index contributed by atoms with van der Waals surface area (Å²) in [6.07, 6.45) is 3.25. The van der Waals surface area contributed by atoms with Gasteiger partial charge < -0.3 is 5.11 Å². The zero-order chi connectivity index (χ0) is 14.7. The van der Waals surface area contributed by atoms with Gasteiger partial charge in [-0.3, -0.25) is 0 Å². The first-order valence-corrected chi connectivity index (χ1v) is 9.46. The molecule has 3 atom stereocenters. The average Bonchev–Trinajstić information content (AvgIpc) is 2.92. The van der Waals surface area contributed by atoms with Crippen molar-refractivity contribution in [2.45, 2.75) is 37.2 Å². The molecule has 0 aromatic heterocycles. The molecule has 1 N–H and O–H groups in total. The second kappa shape index (κ2) is 6.73. The van der Waals surface area contributed by atoms with Crippen molar-refractivity contribution in [1.82, 2.24) is 0 Å². The number of aliphatic hydroxyl groups is 1. The average molecular weight is 298 g/mol.